The lowest BCUT2D eigenvalue weighted by molar-refractivity contribution is 0.286. The topological polar surface area (TPSA) is 89.2 Å². The van der Waals surface area contributed by atoms with Gasteiger partial charge in [0.2, 0.25) is 21.8 Å². The molecule has 7 nitrogen and oxygen atoms in total. The third-order valence-corrected chi connectivity index (χ3v) is 6.34. The SMILES string of the molecule is O=S(=O)(c1cccnc1)N1CCC(c2nnc(C3CC3)o2)CC1. The van der Waals surface area contributed by atoms with Gasteiger partial charge in [-0.15, -0.1) is 10.2 Å². The summed E-state index contributed by atoms with van der Waals surface area (Å²) in [5.41, 5.74) is 0. The number of aromatic nitrogens is 3. The largest absolute Gasteiger partial charge is 0.425 e. The molecule has 0 unspecified atom stereocenters. The van der Waals surface area contributed by atoms with Gasteiger partial charge in [0.25, 0.3) is 0 Å². The number of nitrogens with zero attached hydrogens (tertiary/aromatic N) is 4. The van der Waals surface area contributed by atoms with Gasteiger partial charge in [0.15, 0.2) is 0 Å². The summed E-state index contributed by atoms with van der Waals surface area (Å²) in [5.74, 6) is 1.99. The number of pyridine rings is 1. The molecule has 1 saturated carbocycles. The molecule has 0 N–H and O–H groups in total. The zero-order valence-electron chi connectivity index (χ0n) is 12.6. The molecule has 8 heteroatoms. The van der Waals surface area contributed by atoms with Crippen molar-refractivity contribution in [1.29, 1.82) is 0 Å². The van der Waals surface area contributed by atoms with Gasteiger partial charge in [-0.1, -0.05) is 0 Å². The molecule has 4 rings (SSSR count). The standard InChI is InChI=1S/C15H18N4O3S/c20-23(21,13-2-1-7-16-10-13)19-8-5-12(6-9-19)15-18-17-14(22-15)11-3-4-11/h1-2,7,10-12H,3-6,8-9H2. The van der Waals surface area contributed by atoms with Crippen LogP contribution in [0.1, 0.15) is 49.3 Å². The zero-order chi connectivity index (χ0) is 15.9. The third kappa shape index (κ3) is 2.88. The van der Waals surface area contributed by atoms with Crippen LogP contribution in [0.25, 0.3) is 0 Å². The smallest absolute Gasteiger partial charge is 0.244 e. The maximum Gasteiger partial charge on any atom is 0.244 e. The van der Waals surface area contributed by atoms with Crippen LogP contribution in [0, 0.1) is 0 Å². The Labute approximate surface area is 134 Å². The van der Waals surface area contributed by atoms with E-state index in [0.29, 0.717) is 37.7 Å². The average Bonchev–Trinajstić information content (AvgIpc) is 3.33. The lowest BCUT2D eigenvalue weighted by Crippen LogP contribution is -2.38. The second kappa shape index (κ2) is 5.68. The van der Waals surface area contributed by atoms with Gasteiger partial charge in [0.05, 0.1) is 0 Å². The molecule has 122 valence electrons. The van der Waals surface area contributed by atoms with Crippen molar-refractivity contribution < 1.29 is 12.8 Å². The molecule has 23 heavy (non-hydrogen) atoms. The van der Waals surface area contributed by atoms with E-state index in [9.17, 15) is 8.42 Å². The molecule has 1 aliphatic heterocycles. The molecule has 0 amide bonds. The number of sulfonamides is 1. The highest BCUT2D eigenvalue weighted by Gasteiger charge is 2.34. The Bertz CT molecular complexity index is 778. The minimum absolute atomic E-state index is 0.148. The van der Waals surface area contributed by atoms with E-state index in [1.54, 1.807) is 18.3 Å². The Kier molecular flexibility index (Phi) is 3.65. The first kappa shape index (κ1) is 14.8. The van der Waals surface area contributed by atoms with Crippen LogP contribution in [-0.2, 0) is 10.0 Å². The van der Waals surface area contributed by atoms with Crippen LogP contribution in [0.4, 0.5) is 0 Å². The lowest BCUT2D eigenvalue weighted by Gasteiger charge is -2.29. The van der Waals surface area contributed by atoms with Gasteiger partial charge in [0, 0.05) is 37.3 Å². The van der Waals surface area contributed by atoms with Gasteiger partial charge >= 0.3 is 0 Å². The summed E-state index contributed by atoms with van der Waals surface area (Å²) in [5, 5.41) is 8.26. The van der Waals surface area contributed by atoms with E-state index in [4.69, 9.17) is 4.42 Å². The Morgan fingerprint density at radius 3 is 2.26 bits per heavy atom. The maximum atomic E-state index is 12.6. The van der Waals surface area contributed by atoms with Crippen molar-refractivity contribution in [3.05, 3.63) is 36.3 Å². The number of piperidine rings is 1. The quantitative estimate of drug-likeness (QED) is 0.848. The molecular formula is C15H18N4O3S. The van der Waals surface area contributed by atoms with Crippen molar-refractivity contribution in [3.63, 3.8) is 0 Å². The maximum absolute atomic E-state index is 12.6. The van der Waals surface area contributed by atoms with E-state index >= 15 is 0 Å². The summed E-state index contributed by atoms with van der Waals surface area (Å²) >= 11 is 0. The number of hydrogen-bond acceptors (Lipinski definition) is 6. The molecule has 1 saturated heterocycles. The van der Waals surface area contributed by atoms with Crippen molar-refractivity contribution in [2.24, 2.45) is 0 Å². The molecule has 1 aliphatic carbocycles. The third-order valence-electron chi connectivity index (χ3n) is 4.46. The van der Waals surface area contributed by atoms with Crippen LogP contribution in [0.15, 0.2) is 33.8 Å². The van der Waals surface area contributed by atoms with Crippen LogP contribution in [0.2, 0.25) is 0 Å². The first-order valence-corrected chi connectivity index (χ1v) is 9.32. The minimum atomic E-state index is -3.46. The van der Waals surface area contributed by atoms with Crippen LogP contribution in [-0.4, -0.2) is 41.0 Å². The summed E-state index contributed by atoms with van der Waals surface area (Å²) in [6, 6.07) is 3.21. The molecule has 2 aromatic rings. The van der Waals surface area contributed by atoms with Gasteiger partial charge in [-0.3, -0.25) is 4.98 Å². The highest BCUT2D eigenvalue weighted by atomic mass is 32.2. The van der Waals surface area contributed by atoms with Crippen LogP contribution < -0.4 is 0 Å². The van der Waals surface area contributed by atoms with Gasteiger partial charge in [-0.2, -0.15) is 4.31 Å². The summed E-state index contributed by atoms with van der Waals surface area (Å²) in [7, 11) is -3.46. The van der Waals surface area contributed by atoms with Crippen molar-refractivity contribution in [3.8, 4) is 0 Å². The van der Waals surface area contributed by atoms with Gasteiger partial charge < -0.3 is 4.42 Å². The second-order valence-electron chi connectivity index (χ2n) is 6.12. The fourth-order valence-electron chi connectivity index (χ4n) is 2.90. The molecular weight excluding hydrogens is 316 g/mol. The normalized spacial score (nSPS) is 20.7. The molecule has 2 aromatic heterocycles. The predicted molar refractivity (Wildman–Crippen MR) is 81.2 cm³/mol. The van der Waals surface area contributed by atoms with E-state index < -0.39 is 10.0 Å². The Balaban J connectivity index is 1.44. The molecule has 3 heterocycles. The summed E-state index contributed by atoms with van der Waals surface area (Å²) in [6.45, 7) is 0.923. The van der Waals surface area contributed by atoms with Gasteiger partial charge in [-0.25, -0.2) is 8.42 Å². The fraction of sp³-hybridized carbons (Fsp3) is 0.533. The molecule has 0 radical (unpaired) electrons. The van der Waals surface area contributed by atoms with Crippen molar-refractivity contribution >= 4 is 10.0 Å². The molecule has 0 aromatic carbocycles. The molecule has 0 spiro atoms. The van der Waals surface area contributed by atoms with E-state index in [1.165, 1.54) is 10.5 Å². The van der Waals surface area contributed by atoms with Crippen molar-refractivity contribution in [2.45, 2.75) is 42.4 Å². The highest BCUT2D eigenvalue weighted by molar-refractivity contribution is 7.89. The minimum Gasteiger partial charge on any atom is -0.425 e. The molecule has 0 atom stereocenters. The highest BCUT2D eigenvalue weighted by Crippen LogP contribution is 2.40. The monoisotopic (exact) mass is 334 g/mol. The first-order chi connectivity index (χ1) is 11.1. The summed E-state index contributed by atoms with van der Waals surface area (Å²) < 4.78 is 32.4. The lowest BCUT2D eigenvalue weighted by atomic mass is 9.98. The number of hydrogen-bond donors (Lipinski definition) is 0. The van der Waals surface area contributed by atoms with Crippen LogP contribution in [0.3, 0.4) is 0 Å². The average molecular weight is 334 g/mol. The molecule has 2 aliphatic rings. The van der Waals surface area contributed by atoms with Crippen LogP contribution in [0.5, 0.6) is 0 Å². The van der Waals surface area contributed by atoms with E-state index in [-0.39, 0.29) is 10.8 Å². The summed E-state index contributed by atoms with van der Waals surface area (Å²) in [4.78, 5) is 4.14. The van der Waals surface area contributed by atoms with Crippen molar-refractivity contribution in [1.82, 2.24) is 19.5 Å². The second-order valence-corrected chi connectivity index (χ2v) is 8.06. The van der Waals surface area contributed by atoms with E-state index in [1.807, 2.05) is 0 Å². The van der Waals surface area contributed by atoms with Gasteiger partial charge in [0.1, 0.15) is 4.90 Å². The fourth-order valence-corrected chi connectivity index (χ4v) is 4.33. The van der Waals surface area contributed by atoms with Crippen molar-refractivity contribution in [2.75, 3.05) is 13.1 Å². The Morgan fingerprint density at radius 2 is 1.70 bits per heavy atom. The molecule has 2 fully saturated rings. The zero-order valence-corrected chi connectivity index (χ0v) is 13.4. The van der Waals surface area contributed by atoms with E-state index in [0.717, 1.165) is 18.7 Å². The first-order valence-electron chi connectivity index (χ1n) is 7.88. The summed E-state index contributed by atoms with van der Waals surface area (Å²) in [6.07, 6.45) is 6.62. The Morgan fingerprint density at radius 1 is 1.04 bits per heavy atom. The number of rotatable bonds is 4. The van der Waals surface area contributed by atoms with Crippen LogP contribution >= 0.6 is 0 Å². The Hall–Kier alpha value is -1.80. The molecule has 0 bridgehead atoms. The van der Waals surface area contributed by atoms with Gasteiger partial charge in [-0.05, 0) is 37.8 Å². The predicted octanol–water partition coefficient (Wildman–Crippen LogP) is 1.91. The van der Waals surface area contributed by atoms with E-state index in [2.05, 4.69) is 15.2 Å².